The summed E-state index contributed by atoms with van der Waals surface area (Å²) in [5.41, 5.74) is 0. The van der Waals surface area contributed by atoms with Crippen molar-refractivity contribution in [3.63, 3.8) is 0 Å². The minimum absolute atomic E-state index is 0.0134. The van der Waals surface area contributed by atoms with Crippen LogP contribution in [0.1, 0.15) is 13.8 Å². The average Bonchev–Trinajstić information content (AvgIpc) is 2.14. The molecule has 3 N–H and O–H groups in total. The molecule has 0 aliphatic carbocycles. The predicted molar refractivity (Wildman–Crippen MR) is 54.1 cm³/mol. The zero-order valence-corrected chi connectivity index (χ0v) is 8.88. The van der Waals surface area contributed by atoms with Crippen molar-refractivity contribution < 1.29 is 14.6 Å². The van der Waals surface area contributed by atoms with Crippen LogP contribution < -0.4 is 10.6 Å². The van der Waals surface area contributed by atoms with E-state index in [0.29, 0.717) is 32.2 Å². The molecule has 0 atom stereocenters. The molecule has 5 heteroatoms. The zero-order chi connectivity index (χ0) is 10.8. The summed E-state index contributed by atoms with van der Waals surface area (Å²) < 4.78 is 4.97. The lowest BCUT2D eigenvalue weighted by atomic mass is 10.2. The predicted octanol–water partition coefficient (Wildman–Crippen LogP) is -0.0495. The van der Waals surface area contributed by atoms with Gasteiger partial charge >= 0.3 is 6.03 Å². The van der Waals surface area contributed by atoms with E-state index in [0.717, 1.165) is 0 Å². The van der Waals surface area contributed by atoms with Crippen molar-refractivity contribution in [1.82, 2.24) is 10.6 Å². The van der Waals surface area contributed by atoms with E-state index >= 15 is 0 Å². The first-order valence-electron chi connectivity index (χ1n) is 4.87. The second-order valence-corrected chi connectivity index (χ2v) is 3.37. The van der Waals surface area contributed by atoms with Crippen molar-refractivity contribution in [3.05, 3.63) is 0 Å². The standard InChI is InChI=1S/C9H20N2O3/c1-8(2)7-11-9(13)10-3-5-14-6-4-12/h8,12H,3-7H2,1-2H3,(H2,10,11,13). The molecule has 0 aromatic carbocycles. The normalized spacial score (nSPS) is 10.3. The van der Waals surface area contributed by atoms with Crippen LogP contribution in [0.25, 0.3) is 0 Å². The Morgan fingerprint density at radius 3 is 2.64 bits per heavy atom. The van der Waals surface area contributed by atoms with E-state index in [-0.39, 0.29) is 12.6 Å². The molecule has 2 amide bonds. The quantitative estimate of drug-likeness (QED) is 0.509. The van der Waals surface area contributed by atoms with Gasteiger partial charge < -0.3 is 20.5 Å². The second kappa shape index (κ2) is 8.77. The molecule has 0 aromatic rings. The molecule has 0 heterocycles. The summed E-state index contributed by atoms with van der Waals surface area (Å²) in [5.74, 6) is 0.450. The van der Waals surface area contributed by atoms with E-state index < -0.39 is 0 Å². The van der Waals surface area contributed by atoms with Crippen LogP contribution in [0.3, 0.4) is 0 Å². The van der Waals surface area contributed by atoms with Crippen molar-refractivity contribution in [1.29, 1.82) is 0 Å². The number of aliphatic hydroxyl groups excluding tert-OH is 1. The largest absolute Gasteiger partial charge is 0.394 e. The van der Waals surface area contributed by atoms with Gasteiger partial charge in [-0.05, 0) is 5.92 Å². The van der Waals surface area contributed by atoms with Crippen molar-refractivity contribution in [2.24, 2.45) is 5.92 Å². The summed E-state index contributed by atoms with van der Waals surface area (Å²) >= 11 is 0. The smallest absolute Gasteiger partial charge is 0.314 e. The van der Waals surface area contributed by atoms with Crippen molar-refractivity contribution in [3.8, 4) is 0 Å². The summed E-state index contributed by atoms with van der Waals surface area (Å²) in [4.78, 5) is 11.1. The summed E-state index contributed by atoms with van der Waals surface area (Å²) in [6, 6.07) is -0.175. The first kappa shape index (κ1) is 13.2. The summed E-state index contributed by atoms with van der Waals surface area (Å²) in [5, 5.41) is 13.8. The highest BCUT2D eigenvalue weighted by Gasteiger charge is 1.99. The lowest BCUT2D eigenvalue weighted by Crippen LogP contribution is -2.39. The van der Waals surface area contributed by atoms with Gasteiger partial charge in [-0.1, -0.05) is 13.8 Å². The van der Waals surface area contributed by atoms with Gasteiger partial charge in [0, 0.05) is 13.1 Å². The molecular formula is C9H20N2O3. The highest BCUT2D eigenvalue weighted by molar-refractivity contribution is 5.73. The van der Waals surface area contributed by atoms with Crippen molar-refractivity contribution >= 4 is 6.03 Å². The number of rotatable bonds is 7. The molecule has 84 valence electrons. The van der Waals surface area contributed by atoms with Crippen LogP contribution in [0.15, 0.2) is 0 Å². The molecule has 0 rings (SSSR count). The molecule has 0 aliphatic rings. The van der Waals surface area contributed by atoms with Gasteiger partial charge in [-0.25, -0.2) is 4.79 Å². The maximum Gasteiger partial charge on any atom is 0.314 e. The number of hydrogen-bond donors (Lipinski definition) is 3. The van der Waals surface area contributed by atoms with Crippen LogP contribution in [0.4, 0.5) is 4.79 Å². The fourth-order valence-electron chi connectivity index (χ4n) is 0.763. The third-order valence-electron chi connectivity index (χ3n) is 1.44. The minimum atomic E-state index is -0.175. The van der Waals surface area contributed by atoms with Crippen molar-refractivity contribution in [2.75, 3.05) is 32.9 Å². The zero-order valence-electron chi connectivity index (χ0n) is 8.88. The van der Waals surface area contributed by atoms with Crippen LogP contribution in [-0.2, 0) is 4.74 Å². The number of hydrogen-bond acceptors (Lipinski definition) is 3. The van der Waals surface area contributed by atoms with Gasteiger partial charge in [0.15, 0.2) is 0 Å². The Labute approximate surface area is 84.8 Å². The van der Waals surface area contributed by atoms with Crippen LogP contribution >= 0.6 is 0 Å². The Hall–Kier alpha value is -0.810. The number of urea groups is 1. The highest BCUT2D eigenvalue weighted by Crippen LogP contribution is 1.86. The number of ether oxygens (including phenoxy) is 1. The Morgan fingerprint density at radius 2 is 2.07 bits per heavy atom. The Balaban J connectivity index is 3.18. The van der Waals surface area contributed by atoms with Gasteiger partial charge in [0.2, 0.25) is 0 Å². The average molecular weight is 204 g/mol. The van der Waals surface area contributed by atoms with Gasteiger partial charge in [0.05, 0.1) is 19.8 Å². The van der Waals surface area contributed by atoms with E-state index in [1.807, 2.05) is 13.8 Å². The lowest BCUT2D eigenvalue weighted by molar-refractivity contribution is 0.0947. The van der Waals surface area contributed by atoms with E-state index in [9.17, 15) is 4.79 Å². The molecule has 0 aliphatic heterocycles. The van der Waals surface area contributed by atoms with E-state index in [4.69, 9.17) is 9.84 Å². The fraction of sp³-hybridized carbons (Fsp3) is 0.889. The molecule has 0 aromatic heterocycles. The van der Waals surface area contributed by atoms with Crippen LogP contribution in [-0.4, -0.2) is 44.0 Å². The Bertz CT molecular complexity index is 151. The summed E-state index contributed by atoms with van der Waals surface area (Å²) in [6.45, 7) is 5.95. The molecule has 0 spiro atoms. The number of carbonyl (C=O) groups is 1. The fourth-order valence-corrected chi connectivity index (χ4v) is 0.763. The maximum absolute atomic E-state index is 11.1. The highest BCUT2D eigenvalue weighted by atomic mass is 16.5. The topological polar surface area (TPSA) is 70.6 Å². The first-order chi connectivity index (χ1) is 6.66. The van der Waals surface area contributed by atoms with Crippen molar-refractivity contribution in [2.45, 2.75) is 13.8 Å². The van der Waals surface area contributed by atoms with Gasteiger partial charge in [0.25, 0.3) is 0 Å². The summed E-state index contributed by atoms with van der Waals surface area (Å²) in [7, 11) is 0. The molecule has 0 radical (unpaired) electrons. The molecular weight excluding hydrogens is 184 g/mol. The van der Waals surface area contributed by atoms with Crippen LogP contribution in [0.5, 0.6) is 0 Å². The lowest BCUT2D eigenvalue weighted by Gasteiger charge is -2.09. The number of nitrogens with one attached hydrogen (secondary N) is 2. The van der Waals surface area contributed by atoms with E-state index in [1.165, 1.54) is 0 Å². The molecule has 0 saturated carbocycles. The van der Waals surface area contributed by atoms with E-state index in [1.54, 1.807) is 0 Å². The van der Waals surface area contributed by atoms with E-state index in [2.05, 4.69) is 10.6 Å². The number of amides is 2. The van der Waals surface area contributed by atoms with Gasteiger partial charge in [-0.15, -0.1) is 0 Å². The van der Waals surface area contributed by atoms with Gasteiger partial charge in [0.1, 0.15) is 0 Å². The SMILES string of the molecule is CC(C)CNC(=O)NCCOCCO. The third-order valence-corrected chi connectivity index (χ3v) is 1.44. The first-order valence-corrected chi connectivity index (χ1v) is 4.87. The second-order valence-electron chi connectivity index (χ2n) is 3.37. The molecule has 0 unspecified atom stereocenters. The molecule has 0 saturated heterocycles. The molecule has 0 fully saturated rings. The van der Waals surface area contributed by atoms with Gasteiger partial charge in [-0.3, -0.25) is 0 Å². The molecule has 0 bridgehead atoms. The Kier molecular flexibility index (Phi) is 8.27. The van der Waals surface area contributed by atoms with Crippen LogP contribution in [0, 0.1) is 5.92 Å². The summed E-state index contributed by atoms with van der Waals surface area (Å²) in [6.07, 6.45) is 0. The minimum Gasteiger partial charge on any atom is -0.394 e. The van der Waals surface area contributed by atoms with Gasteiger partial charge in [-0.2, -0.15) is 0 Å². The molecule has 14 heavy (non-hydrogen) atoms. The third kappa shape index (κ3) is 9.28. The Morgan fingerprint density at radius 1 is 1.36 bits per heavy atom. The number of aliphatic hydroxyl groups is 1. The van der Waals surface area contributed by atoms with Crippen LogP contribution in [0.2, 0.25) is 0 Å². The monoisotopic (exact) mass is 204 g/mol. The number of carbonyl (C=O) groups excluding carboxylic acids is 1. The maximum atomic E-state index is 11.1. The molecule has 5 nitrogen and oxygen atoms in total.